The van der Waals surface area contributed by atoms with Crippen LogP contribution >= 0.6 is 11.6 Å². The second-order valence-corrected chi connectivity index (χ2v) is 6.15. The Morgan fingerprint density at radius 1 is 1.25 bits per heavy atom. The lowest BCUT2D eigenvalue weighted by Gasteiger charge is -2.12. The summed E-state index contributed by atoms with van der Waals surface area (Å²) < 4.78 is 49.5. The zero-order valence-corrected chi connectivity index (χ0v) is 15.2. The van der Waals surface area contributed by atoms with Gasteiger partial charge >= 0.3 is 6.18 Å². The first-order valence-corrected chi connectivity index (χ1v) is 8.51. The van der Waals surface area contributed by atoms with Crippen LogP contribution in [0.15, 0.2) is 46.9 Å². The Labute approximate surface area is 162 Å². The molecule has 1 amide bonds. The van der Waals surface area contributed by atoms with Crippen LogP contribution < -0.4 is 15.6 Å². The number of hydrogen-bond donors (Lipinski definition) is 2. The zero-order valence-electron chi connectivity index (χ0n) is 14.5. The minimum absolute atomic E-state index is 0.0655. The third-order valence-corrected chi connectivity index (χ3v) is 4.17. The van der Waals surface area contributed by atoms with E-state index in [4.69, 9.17) is 26.2 Å². The van der Waals surface area contributed by atoms with Crippen molar-refractivity contribution in [3.05, 3.63) is 64.2 Å². The summed E-state index contributed by atoms with van der Waals surface area (Å²) in [6, 6.07) is 9.01. The predicted octanol–water partition coefficient (Wildman–Crippen LogP) is 5.24. The summed E-state index contributed by atoms with van der Waals surface area (Å²) in [5.41, 5.74) is -1.50. The van der Waals surface area contributed by atoms with E-state index < -0.39 is 23.2 Å². The molecule has 3 aromatic rings. The first-order chi connectivity index (χ1) is 13.2. The first kappa shape index (κ1) is 19.8. The summed E-state index contributed by atoms with van der Waals surface area (Å²) in [5, 5.41) is 10.7. The number of benzene rings is 2. The lowest BCUT2D eigenvalue weighted by molar-refractivity contribution is -0.137. The van der Waals surface area contributed by atoms with Crippen LogP contribution in [0.1, 0.15) is 22.8 Å². The molecule has 0 aliphatic rings. The molecule has 0 bridgehead atoms. The second kappa shape index (κ2) is 7.55. The molecule has 5 nitrogen and oxygen atoms in total. The van der Waals surface area contributed by atoms with Crippen molar-refractivity contribution in [3.63, 3.8) is 0 Å². The molecule has 146 valence electrons. The highest BCUT2D eigenvalue weighted by Gasteiger charge is 2.31. The van der Waals surface area contributed by atoms with E-state index >= 15 is 0 Å². The maximum atomic E-state index is 12.9. The molecule has 1 heterocycles. The SMILES string of the molecule is CCOc1cccc2cc(C(=O)Nc3cc(C(F)(F)F)ccc3Cl)c(=N)oc12. The third kappa shape index (κ3) is 3.96. The van der Waals surface area contributed by atoms with Gasteiger partial charge in [-0.05, 0) is 37.3 Å². The van der Waals surface area contributed by atoms with Crippen molar-refractivity contribution >= 4 is 34.2 Å². The van der Waals surface area contributed by atoms with Crippen LogP contribution in [0, 0.1) is 5.41 Å². The number of nitrogens with one attached hydrogen (secondary N) is 2. The first-order valence-electron chi connectivity index (χ1n) is 8.13. The largest absolute Gasteiger partial charge is 0.490 e. The zero-order chi connectivity index (χ0) is 20.5. The number of rotatable bonds is 4. The van der Waals surface area contributed by atoms with Crippen molar-refractivity contribution in [2.45, 2.75) is 13.1 Å². The molecule has 1 aromatic heterocycles. The van der Waals surface area contributed by atoms with E-state index in [9.17, 15) is 18.0 Å². The molecule has 0 saturated heterocycles. The van der Waals surface area contributed by atoms with Crippen molar-refractivity contribution in [1.82, 2.24) is 0 Å². The monoisotopic (exact) mass is 410 g/mol. The number of para-hydroxylation sites is 1. The molecule has 2 N–H and O–H groups in total. The Hall–Kier alpha value is -3.00. The lowest BCUT2D eigenvalue weighted by atomic mass is 10.1. The van der Waals surface area contributed by atoms with Gasteiger partial charge in [0.2, 0.25) is 5.55 Å². The number of amides is 1. The highest BCUT2D eigenvalue weighted by Crippen LogP contribution is 2.34. The lowest BCUT2D eigenvalue weighted by Crippen LogP contribution is -2.21. The Morgan fingerprint density at radius 3 is 2.68 bits per heavy atom. The maximum Gasteiger partial charge on any atom is 0.416 e. The van der Waals surface area contributed by atoms with Crippen LogP contribution in [-0.4, -0.2) is 12.5 Å². The molecule has 3 rings (SSSR count). The molecule has 9 heteroatoms. The number of carbonyl (C=O) groups is 1. The summed E-state index contributed by atoms with van der Waals surface area (Å²) in [6.45, 7) is 2.18. The number of fused-ring (bicyclic) bond motifs is 1. The highest BCUT2D eigenvalue weighted by molar-refractivity contribution is 6.34. The fraction of sp³-hybridized carbons (Fsp3) is 0.158. The standard InChI is InChI=1S/C19H14ClF3N2O3/c1-2-27-15-5-3-4-10-8-12(17(24)28-16(10)15)18(26)25-14-9-11(19(21,22)23)6-7-13(14)20/h3-9,24H,2H2,1H3,(H,25,26). The summed E-state index contributed by atoms with van der Waals surface area (Å²) in [7, 11) is 0. The second-order valence-electron chi connectivity index (χ2n) is 5.74. The third-order valence-electron chi connectivity index (χ3n) is 3.84. The number of carbonyl (C=O) groups excluding carboxylic acids is 1. The van der Waals surface area contributed by atoms with Gasteiger partial charge < -0.3 is 14.5 Å². The van der Waals surface area contributed by atoms with Gasteiger partial charge in [-0.25, -0.2) is 0 Å². The molecule has 0 fully saturated rings. The molecule has 0 spiro atoms. The highest BCUT2D eigenvalue weighted by atomic mass is 35.5. The van der Waals surface area contributed by atoms with Crippen LogP contribution in [0.25, 0.3) is 11.0 Å². The van der Waals surface area contributed by atoms with Gasteiger partial charge in [0, 0.05) is 5.39 Å². The molecule has 0 unspecified atom stereocenters. The molecular formula is C19H14ClF3N2O3. The fourth-order valence-corrected chi connectivity index (χ4v) is 2.72. The van der Waals surface area contributed by atoms with Gasteiger partial charge in [-0.15, -0.1) is 0 Å². The normalized spacial score (nSPS) is 11.5. The van der Waals surface area contributed by atoms with Crippen LogP contribution in [0.3, 0.4) is 0 Å². The van der Waals surface area contributed by atoms with Gasteiger partial charge in [-0.2, -0.15) is 13.2 Å². The van der Waals surface area contributed by atoms with E-state index in [1.807, 2.05) is 0 Å². The molecule has 28 heavy (non-hydrogen) atoms. The number of hydrogen-bond acceptors (Lipinski definition) is 4. The van der Waals surface area contributed by atoms with Gasteiger partial charge in [-0.1, -0.05) is 23.7 Å². The Bertz CT molecular complexity index is 1110. The maximum absolute atomic E-state index is 12.9. The molecule has 0 atom stereocenters. The summed E-state index contributed by atoms with van der Waals surface area (Å²) >= 11 is 5.90. The van der Waals surface area contributed by atoms with Crippen LogP contribution in [-0.2, 0) is 6.18 Å². The van der Waals surface area contributed by atoms with Crippen molar-refractivity contribution in [2.75, 3.05) is 11.9 Å². The van der Waals surface area contributed by atoms with Crippen molar-refractivity contribution in [3.8, 4) is 5.75 Å². The number of alkyl halides is 3. The van der Waals surface area contributed by atoms with Crippen LogP contribution in [0.5, 0.6) is 5.75 Å². The van der Waals surface area contributed by atoms with Crippen LogP contribution in [0.4, 0.5) is 18.9 Å². The van der Waals surface area contributed by atoms with Gasteiger partial charge in [0.1, 0.15) is 5.56 Å². The van der Waals surface area contributed by atoms with E-state index in [2.05, 4.69) is 5.32 Å². The van der Waals surface area contributed by atoms with Gasteiger partial charge in [-0.3, -0.25) is 10.2 Å². The summed E-state index contributed by atoms with van der Waals surface area (Å²) in [5.74, 6) is -0.403. The van der Waals surface area contributed by atoms with E-state index in [0.717, 1.165) is 18.2 Å². The summed E-state index contributed by atoms with van der Waals surface area (Å²) in [4.78, 5) is 12.5. The summed E-state index contributed by atoms with van der Waals surface area (Å²) in [6.07, 6.45) is -4.58. The molecular weight excluding hydrogens is 397 g/mol. The van der Waals surface area contributed by atoms with Gasteiger partial charge in [0.05, 0.1) is 22.9 Å². The average molecular weight is 411 g/mol. The minimum atomic E-state index is -4.58. The van der Waals surface area contributed by atoms with Gasteiger partial charge in [0.25, 0.3) is 5.91 Å². The molecule has 0 saturated carbocycles. The van der Waals surface area contributed by atoms with E-state index in [1.165, 1.54) is 6.07 Å². The van der Waals surface area contributed by atoms with Crippen molar-refractivity contribution in [1.29, 1.82) is 5.41 Å². The van der Waals surface area contributed by atoms with Crippen molar-refractivity contribution < 1.29 is 27.1 Å². The average Bonchev–Trinajstić information content (AvgIpc) is 2.63. The minimum Gasteiger partial charge on any atom is -0.490 e. The van der Waals surface area contributed by atoms with Gasteiger partial charge in [0.15, 0.2) is 11.3 Å². The van der Waals surface area contributed by atoms with Crippen LogP contribution in [0.2, 0.25) is 5.02 Å². The number of halogens is 4. The Kier molecular flexibility index (Phi) is 5.33. The Morgan fingerprint density at radius 2 is 2.00 bits per heavy atom. The number of ether oxygens (including phenoxy) is 1. The van der Waals surface area contributed by atoms with E-state index in [-0.39, 0.29) is 16.3 Å². The van der Waals surface area contributed by atoms with E-state index in [0.29, 0.717) is 23.3 Å². The topological polar surface area (TPSA) is 75.3 Å². The fourth-order valence-electron chi connectivity index (χ4n) is 2.56. The van der Waals surface area contributed by atoms with E-state index in [1.54, 1.807) is 25.1 Å². The molecule has 2 aromatic carbocycles. The number of anilines is 1. The molecule has 0 aliphatic heterocycles. The molecule has 0 aliphatic carbocycles. The van der Waals surface area contributed by atoms with Crippen molar-refractivity contribution in [2.24, 2.45) is 0 Å². The smallest absolute Gasteiger partial charge is 0.416 e. The molecule has 0 radical (unpaired) electrons. The quantitative estimate of drug-likeness (QED) is 0.618. The Balaban J connectivity index is 1.99. The predicted molar refractivity (Wildman–Crippen MR) is 97.6 cm³/mol.